The van der Waals surface area contributed by atoms with Gasteiger partial charge in [-0.1, -0.05) is 25.5 Å². The third-order valence-electron chi connectivity index (χ3n) is 4.91. The van der Waals surface area contributed by atoms with E-state index in [4.69, 9.17) is 17.0 Å². The number of unbranched alkanes of at least 4 members (excludes halogenated alkanes) is 1. The third-order valence-corrected chi connectivity index (χ3v) is 6.32. The first kappa shape index (κ1) is 20.8. The SMILES string of the molecule is CCCCc1ccc(NC(=S)Nc2sc3c(c2C(=O)OCC)CCCC3)cc1. The Balaban J connectivity index is 1.71. The van der Waals surface area contributed by atoms with E-state index in [2.05, 4.69) is 29.7 Å². The number of hydrogen-bond acceptors (Lipinski definition) is 4. The number of nitrogens with one attached hydrogen (secondary N) is 2. The number of esters is 1. The molecule has 1 aliphatic carbocycles. The van der Waals surface area contributed by atoms with Gasteiger partial charge in [0, 0.05) is 10.6 Å². The van der Waals surface area contributed by atoms with E-state index in [0.717, 1.165) is 41.9 Å². The van der Waals surface area contributed by atoms with Crippen LogP contribution in [0.25, 0.3) is 0 Å². The highest BCUT2D eigenvalue weighted by molar-refractivity contribution is 7.80. The quantitative estimate of drug-likeness (QED) is 0.431. The molecule has 0 saturated heterocycles. The molecule has 3 rings (SSSR count). The van der Waals surface area contributed by atoms with Gasteiger partial charge in [-0.15, -0.1) is 11.3 Å². The lowest BCUT2D eigenvalue weighted by Crippen LogP contribution is -2.20. The number of ether oxygens (including phenoxy) is 1. The number of thiocarbonyl (C=S) groups is 1. The molecule has 150 valence electrons. The van der Waals surface area contributed by atoms with Crippen molar-refractivity contribution in [2.45, 2.75) is 58.8 Å². The number of anilines is 2. The maximum Gasteiger partial charge on any atom is 0.341 e. The normalized spacial score (nSPS) is 12.9. The van der Waals surface area contributed by atoms with Gasteiger partial charge in [0.25, 0.3) is 0 Å². The Bertz CT molecular complexity index is 828. The molecule has 1 aromatic carbocycles. The molecule has 4 nitrogen and oxygen atoms in total. The first-order valence-corrected chi connectivity index (χ1v) is 11.3. The van der Waals surface area contributed by atoms with Crippen LogP contribution in [0.2, 0.25) is 0 Å². The van der Waals surface area contributed by atoms with Gasteiger partial charge >= 0.3 is 5.97 Å². The van der Waals surface area contributed by atoms with Crippen LogP contribution in [0.1, 0.15) is 65.9 Å². The van der Waals surface area contributed by atoms with Crippen LogP contribution >= 0.6 is 23.6 Å². The van der Waals surface area contributed by atoms with Gasteiger partial charge in [0.1, 0.15) is 5.00 Å². The number of thiophene rings is 1. The number of fused-ring (bicyclic) bond motifs is 1. The van der Waals surface area contributed by atoms with E-state index >= 15 is 0 Å². The first-order chi connectivity index (χ1) is 13.6. The molecule has 0 bridgehead atoms. The molecule has 1 heterocycles. The molecule has 0 amide bonds. The zero-order valence-electron chi connectivity index (χ0n) is 16.6. The van der Waals surface area contributed by atoms with E-state index in [1.807, 2.05) is 19.1 Å². The predicted molar refractivity (Wildman–Crippen MR) is 122 cm³/mol. The van der Waals surface area contributed by atoms with Gasteiger partial charge < -0.3 is 15.4 Å². The molecule has 0 aliphatic heterocycles. The Morgan fingerprint density at radius 3 is 2.61 bits per heavy atom. The summed E-state index contributed by atoms with van der Waals surface area (Å²) in [6.45, 7) is 4.41. The minimum Gasteiger partial charge on any atom is -0.462 e. The van der Waals surface area contributed by atoms with E-state index in [0.29, 0.717) is 17.3 Å². The molecular formula is C22H28N2O2S2. The zero-order valence-corrected chi connectivity index (χ0v) is 18.2. The smallest absolute Gasteiger partial charge is 0.341 e. The van der Waals surface area contributed by atoms with Gasteiger partial charge in [0.05, 0.1) is 12.2 Å². The number of rotatable bonds is 7. The Labute approximate surface area is 176 Å². The van der Waals surface area contributed by atoms with E-state index in [1.165, 1.54) is 29.7 Å². The Hall–Kier alpha value is -1.92. The fraction of sp³-hybridized carbons (Fsp3) is 0.455. The summed E-state index contributed by atoms with van der Waals surface area (Å²) in [5, 5.41) is 7.75. The molecule has 2 N–H and O–H groups in total. The molecule has 2 aromatic rings. The van der Waals surface area contributed by atoms with Crippen LogP contribution in [0.3, 0.4) is 0 Å². The number of carbonyl (C=O) groups is 1. The van der Waals surface area contributed by atoms with Crippen LogP contribution in [0.5, 0.6) is 0 Å². The maximum atomic E-state index is 12.5. The molecule has 6 heteroatoms. The number of carbonyl (C=O) groups excluding carboxylic acids is 1. The van der Waals surface area contributed by atoms with Gasteiger partial charge in [0.2, 0.25) is 0 Å². The molecule has 0 atom stereocenters. The molecule has 0 unspecified atom stereocenters. The van der Waals surface area contributed by atoms with Crippen molar-refractivity contribution in [2.75, 3.05) is 17.2 Å². The number of hydrogen-bond donors (Lipinski definition) is 2. The van der Waals surface area contributed by atoms with Crippen LogP contribution in [0, 0.1) is 0 Å². The van der Waals surface area contributed by atoms with Crippen molar-refractivity contribution < 1.29 is 9.53 Å². The van der Waals surface area contributed by atoms with Crippen molar-refractivity contribution in [3.8, 4) is 0 Å². The molecule has 0 saturated carbocycles. The summed E-state index contributed by atoms with van der Waals surface area (Å²) in [4.78, 5) is 13.8. The van der Waals surface area contributed by atoms with Crippen LogP contribution in [-0.4, -0.2) is 17.7 Å². The summed E-state index contributed by atoms with van der Waals surface area (Å²) in [5.41, 5.74) is 4.08. The van der Waals surface area contributed by atoms with E-state index in [1.54, 1.807) is 11.3 Å². The minimum absolute atomic E-state index is 0.257. The lowest BCUT2D eigenvalue weighted by atomic mass is 9.95. The van der Waals surface area contributed by atoms with Crippen molar-refractivity contribution in [3.63, 3.8) is 0 Å². The van der Waals surface area contributed by atoms with E-state index < -0.39 is 0 Å². The Morgan fingerprint density at radius 1 is 1.14 bits per heavy atom. The summed E-state index contributed by atoms with van der Waals surface area (Å²) in [7, 11) is 0. The number of aryl methyl sites for hydroxylation is 2. The summed E-state index contributed by atoms with van der Waals surface area (Å²) in [6.07, 6.45) is 7.73. The average Bonchev–Trinajstić information content (AvgIpc) is 3.05. The average molecular weight is 417 g/mol. The van der Waals surface area contributed by atoms with Crippen molar-refractivity contribution in [3.05, 3.63) is 45.8 Å². The summed E-state index contributed by atoms with van der Waals surface area (Å²) in [5.74, 6) is -0.257. The summed E-state index contributed by atoms with van der Waals surface area (Å²) >= 11 is 7.13. The second-order valence-corrected chi connectivity index (χ2v) is 8.53. The predicted octanol–water partition coefficient (Wildman–Crippen LogP) is 5.96. The topological polar surface area (TPSA) is 50.4 Å². The van der Waals surface area contributed by atoms with Gasteiger partial charge in [-0.3, -0.25) is 0 Å². The highest BCUT2D eigenvalue weighted by Crippen LogP contribution is 2.38. The fourth-order valence-corrected chi connectivity index (χ4v) is 5.04. The van der Waals surface area contributed by atoms with Gasteiger partial charge in [-0.05, 0) is 80.9 Å². The summed E-state index contributed by atoms with van der Waals surface area (Å²) in [6, 6.07) is 8.36. The van der Waals surface area contributed by atoms with Crippen LogP contribution in [0.15, 0.2) is 24.3 Å². The van der Waals surface area contributed by atoms with Crippen molar-refractivity contribution in [2.24, 2.45) is 0 Å². The zero-order chi connectivity index (χ0) is 19.9. The Morgan fingerprint density at radius 2 is 1.89 bits per heavy atom. The lowest BCUT2D eigenvalue weighted by Gasteiger charge is -2.13. The van der Waals surface area contributed by atoms with Crippen molar-refractivity contribution >= 4 is 45.3 Å². The molecule has 0 radical (unpaired) electrons. The highest BCUT2D eigenvalue weighted by atomic mass is 32.1. The molecule has 28 heavy (non-hydrogen) atoms. The van der Waals surface area contributed by atoms with Crippen LogP contribution in [0.4, 0.5) is 10.7 Å². The highest BCUT2D eigenvalue weighted by Gasteiger charge is 2.26. The van der Waals surface area contributed by atoms with Crippen LogP contribution < -0.4 is 10.6 Å². The monoisotopic (exact) mass is 416 g/mol. The minimum atomic E-state index is -0.257. The van der Waals surface area contributed by atoms with Gasteiger partial charge in [-0.2, -0.15) is 0 Å². The van der Waals surface area contributed by atoms with Gasteiger partial charge in [-0.25, -0.2) is 4.79 Å². The van der Waals surface area contributed by atoms with E-state index in [9.17, 15) is 4.79 Å². The first-order valence-electron chi connectivity index (χ1n) is 10.1. The Kier molecular flexibility index (Phi) is 7.45. The van der Waals surface area contributed by atoms with Crippen LogP contribution in [-0.2, 0) is 24.0 Å². The standard InChI is InChI=1S/C22H28N2O2S2/c1-3-5-8-15-11-13-16(14-12-15)23-22(27)24-20-19(21(25)26-4-2)17-9-6-7-10-18(17)28-20/h11-14H,3-10H2,1-2H3,(H2,23,24,27). The molecular weight excluding hydrogens is 388 g/mol. The molecule has 0 fully saturated rings. The largest absolute Gasteiger partial charge is 0.462 e. The van der Waals surface area contributed by atoms with Gasteiger partial charge in [0.15, 0.2) is 5.11 Å². The maximum absolute atomic E-state index is 12.5. The second-order valence-electron chi connectivity index (χ2n) is 7.02. The molecule has 0 spiro atoms. The van der Waals surface area contributed by atoms with Crippen molar-refractivity contribution in [1.29, 1.82) is 0 Å². The molecule has 1 aliphatic rings. The van der Waals surface area contributed by atoms with E-state index in [-0.39, 0.29) is 5.97 Å². The second kappa shape index (κ2) is 10.0. The van der Waals surface area contributed by atoms with Crippen molar-refractivity contribution in [1.82, 2.24) is 0 Å². The lowest BCUT2D eigenvalue weighted by molar-refractivity contribution is 0.0526. The molecule has 1 aromatic heterocycles. The summed E-state index contributed by atoms with van der Waals surface area (Å²) < 4.78 is 5.30. The fourth-order valence-electron chi connectivity index (χ4n) is 3.47. The number of benzene rings is 1. The third kappa shape index (κ3) is 5.11.